The number of carbonyl (C=O) groups is 3. The minimum Gasteiger partial charge on any atom is -0.480 e. The van der Waals surface area contributed by atoms with Crippen LogP contribution >= 0.6 is 0 Å². The van der Waals surface area contributed by atoms with E-state index in [-0.39, 0.29) is 23.4 Å². The van der Waals surface area contributed by atoms with Crippen LogP contribution in [0, 0.1) is 11.3 Å². The van der Waals surface area contributed by atoms with Crippen molar-refractivity contribution >= 4 is 23.5 Å². The van der Waals surface area contributed by atoms with Gasteiger partial charge in [-0.2, -0.15) is 5.26 Å². The van der Waals surface area contributed by atoms with Crippen LogP contribution in [0.3, 0.4) is 0 Å². The fraction of sp³-hybridized carbons (Fsp3) is 0.222. The number of nitriles is 1. The van der Waals surface area contributed by atoms with Crippen molar-refractivity contribution in [2.24, 2.45) is 0 Å². The first-order valence-corrected chi connectivity index (χ1v) is 7.87. The Morgan fingerprint density at radius 1 is 1.33 bits per heavy atom. The molecule has 1 heterocycles. The lowest BCUT2D eigenvalue weighted by Gasteiger charge is -2.14. The van der Waals surface area contributed by atoms with Gasteiger partial charge in [0.15, 0.2) is 5.69 Å². The number of benzene rings is 1. The Hall–Kier alpha value is -3.80. The molecule has 140 valence electrons. The molecule has 1 aromatic carbocycles. The Balaban J connectivity index is 2.35. The van der Waals surface area contributed by atoms with Crippen molar-refractivity contribution in [1.29, 1.82) is 5.26 Å². The van der Waals surface area contributed by atoms with Gasteiger partial charge in [0.2, 0.25) is 5.91 Å². The largest absolute Gasteiger partial charge is 0.480 e. The molecule has 1 amide bonds. The van der Waals surface area contributed by atoms with Crippen LogP contribution in [0.25, 0.3) is 5.69 Å². The van der Waals surface area contributed by atoms with E-state index in [0.29, 0.717) is 11.3 Å². The van der Waals surface area contributed by atoms with Crippen molar-refractivity contribution in [2.75, 3.05) is 12.8 Å². The molecule has 9 heteroatoms. The number of ether oxygens (including phenoxy) is 1. The zero-order valence-corrected chi connectivity index (χ0v) is 14.7. The number of carboxylic acids is 1. The van der Waals surface area contributed by atoms with Gasteiger partial charge >= 0.3 is 11.9 Å². The van der Waals surface area contributed by atoms with Crippen LogP contribution in [-0.4, -0.2) is 40.7 Å². The summed E-state index contributed by atoms with van der Waals surface area (Å²) in [6.45, 7) is 1.25. The van der Waals surface area contributed by atoms with E-state index in [1.54, 1.807) is 24.3 Å². The van der Waals surface area contributed by atoms with Gasteiger partial charge in [-0.1, -0.05) is 12.1 Å². The second-order valence-corrected chi connectivity index (χ2v) is 5.74. The van der Waals surface area contributed by atoms with Gasteiger partial charge in [-0.05, 0) is 17.7 Å². The molecule has 0 aliphatic carbocycles. The highest BCUT2D eigenvalue weighted by molar-refractivity contribution is 5.96. The molecule has 1 aromatic heterocycles. The van der Waals surface area contributed by atoms with Crippen molar-refractivity contribution in [1.82, 2.24) is 9.88 Å². The van der Waals surface area contributed by atoms with E-state index in [1.165, 1.54) is 24.8 Å². The van der Waals surface area contributed by atoms with Crippen LogP contribution in [-0.2, 0) is 20.7 Å². The number of methoxy groups -OCH3 is 1. The summed E-state index contributed by atoms with van der Waals surface area (Å²) in [5.41, 5.74) is 7.25. The number of rotatable bonds is 6. The van der Waals surface area contributed by atoms with Crippen LogP contribution in [0.4, 0.5) is 5.69 Å². The van der Waals surface area contributed by atoms with Crippen molar-refractivity contribution in [3.63, 3.8) is 0 Å². The van der Waals surface area contributed by atoms with Crippen LogP contribution in [0.5, 0.6) is 0 Å². The molecule has 2 aromatic rings. The van der Waals surface area contributed by atoms with Gasteiger partial charge in [-0.15, -0.1) is 0 Å². The number of anilines is 1. The maximum Gasteiger partial charge on any atom is 0.357 e. The molecule has 27 heavy (non-hydrogen) atoms. The molecule has 0 radical (unpaired) electrons. The van der Waals surface area contributed by atoms with Gasteiger partial charge in [0.25, 0.3) is 0 Å². The van der Waals surface area contributed by atoms with Crippen LogP contribution in [0.15, 0.2) is 30.5 Å². The Kier molecular flexibility index (Phi) is 5.82. The van der Waals surface area contributed by atoms with Crippen LogP contribution < -0.4 is 11.1 Å². The quantitative estimate of drug-likeness (QED) is 0.638. The van der Waals surface area contributed by atoms with Gasteiger partial charge in [0, 0.05) is 25.2 Å². The maximum atomic E-state index is 12.0. The summed E-state index contributed by atoms with van der Waals surface area (Å²) in [7, 11) is 1.21. The standard InChI is InChI=1S/C18H18N4O5/c1-10(23)21-14(17(24)25)7-11-3-5-13(6-4-11)22-9-12(8-19)15(20)16(22)18(26)27-2/h3-6,9,14H,7,20H2,1-2H3,(H,21,23)(H,24,25). The molecular formula is C18H18N4O5. The molecular weight excluding hydrogens is 352 g/mol. The number of nitrogens with zero attached hydrogens (tertiary/aromatic N) is 2. The number of carbonyl (C=O) groups excluding carboxylic acids is 2. The molecule has 0 saturated heterocycles. The van der Waals surface area contributed by atoms with E-state index in [2.05, 4.69) is 5.32 Å². The smallest absolute Gasteiger partial charge is 0.357 e. The Bertz CT molecular complexity index is 924. The van der Waals surface area contributed by atoms with E-state index in [1.807, 2.05) is 6.07 Å². The van der Waals surface area contributed by atoms with Gasteiger partial charge < -0.3 is 25.5 Å². The SMILES string of the molecule is COC(=O)c1c(N)c(C#N)cn1-c1ccc(CC(NC(C)=O)C(=O)O)cc1. The first kappa shape index (κ1) is 19.5. The summed E-state index contributed by atoms with van der Waals surface area (Å²) in [5.74, 6) is -2.26. The predicted molar refractivity (Wildman–Crippen MR) is 95.2 cm³/mol. The van der Waals surface area contributed by atoms with Crippen molar-refractivity contribution in [3.05, 3.63) is 47.3 Å². The van der Waals surface area contributed by atoms with Crippen molar-refractivity contribution < 1.29 is 24.2 Å². The topological polar surface area (TPSA) is 147 Å². The van der Waals surface area contributed by atoms with Crippen molar-refractivity contribution in [2.45, 2.75) is 19.4 Å². The van der Waals surface area contributed by atoms with E-state index in [9.17, 15) is 19.5 Å². The number of aromatic nitrogens is 1. The molecule has 0 spiro atoms. The highest BCUT2D eigenvalue weighted by Crippen LogP contribution is 2.25. The summed E-state index contributed by atoms with van der Waals surface area (Å²) in [4.78, 5) is 34.4. The molecule has 2 rings (SSSR count). The molecule has 1 unspecified atom stereocenters. The van der Waals surface area contributed by atoms with Gasteiger partial charge in [-0.3, -0.25) is 4.79 Å². The van der Waals surface area contributed by atoms with Crippen molar-refractivity contribution in [3.8, 4) is 11.8 Å². The molecule has 0 aliphatic heterocycles. The van der Waals surface area contributed by atoms with Crippen LogP contribution in [0.2, 0.25) is 0 Å². The second-order valence-electron chi connectivity index (χ2n) is 5.74. The fourth-order valence-electron chi connectivity index (χ4n) is 2.59. The number of amides is 1. The minimum atomic E-state index is -1.14. The molecule has 4 N–H and O–H groups in total. The fourth-order valence-corrected chi connectivity index (χ4v) is 2.59. The number of nitrogens with two attached hydrogens (primary N) is 1. The number of hydrogen-bond acceptors (Lipinski definition) is 6. The summed E-state index contributed by atoms with van der Waals surface area (Å²) in [5, 5.41) is 20.7. The number of carboxylic acid groups (broad SMARTS) is 1. The Labute approximate surface area is 155 Å². The van der Waals surface area contributed by atoms with Gasteiger partial charge in [-0.25, -0.2) is 9.59 Å². The third-order valence-electron chi connectivity index (χ3n) is 3.87. The van der Waals surface area contributed by atoms with Gasteiger partial charge in [0.1, 0.15) is 12.1 Å². The lowest BCUT2D eigenvalue weighted by Crippen LogP contribution is -2.41. The number of nitrogens with one attached hydrogen (secondary N) is 1. The third kappa shape index (κ3) is 4.24. The second kappa shape index (κ2) is 8.05. The first-order valence-electron chi connectivity index (χ1n) is 7.87. The normalized spacial score (nSPS) is 11.3. The summed E-state index contributed by atoms with van der Waals surface area (Å²) < 4.78 is 6.16. The van der Waals surface area contributed by atoms with Crippen LogP contribution in [0.1, 0.15) is 28.5 Å². The Morgan fingerprint density at radius 2 is 1.96 bits per heavy atom. The number of hydrogen-bond donors (Lipinski definition) is 3. The maximum absolute atomic E-state index is 12.0. The van der Waals surface area contributed by atoms with E-state index in [4.69, 9.17) is 15.7 Å². The number of esters is 1. The molecule has 1 atom stereocenters. The monoisotopic (exact) mass is 370 g/mol. The molecule has 0 aliphatic rings. The molecule has 0 saturated carbocycles. The van der Waals surface area contributed by atoms with E-state index >= 15 is 0 Å². The first-order chi connectivity index (χ1) is 12.8. The highest BCUT2D eigenvalue weighted by Gasteiger charge is 2.22. The zero-order chi connectivity index (χ0) is 20.1. The third-order valence-corrected chi connectivity index (χ3v) is 3.87. The highest BCUT2D eigenvalue weighted by atomic mass is 16.5. The van der Waals surface area contributed by atoms with E-state index in [0.717, 1.165) is 0 Å². The average Bonchev–Trinajstić information content (AvgIpc) is 2.97. The Morgan fingerprint density at radius 3 is 2.44 bits per heavy atom. The predicted octanol–water partition coefficient (Wildman–Crippen LogP) is 0.850. The summed E-state index contributed by atoms with van der Waals surface area (Å²) in [6, 6.07) is 7.49. The molecule has 0 bridgehead atoms. The zero-order valence-electron chi connectivity index (χ0n) is 14.7. The lowest BCUT2D eigenvalue weighted by molar-refractivity contribution is -0.141. The lowest BCUT2D eigenvalue weighted by atomic mass is 10.1. The molecule has 0 fully saturated rings. The van der Waals surface area contributed by atoms with E-state index < -0.39 is 23.9 Å². The number of aliphatic carboxylic acids is 1. The molecule has 9 nitrogen and oxygen atoms in total. The summed E-state index contributed by atoms with van der Waals surface area (Å²) in [6.07, 6.45) is 1.52. The average molecular weight is 370 g/mol. The number of nitrogen functional groups attached to an aromatic ring is 1. The minimum absolute atomic E-state index is 0.0185. The summed E-state index contributed by atoms with van der Waals surface area (Å²) >= 11 is 0. The van der Waals surface area contributed by atoms with Gasteiger partial charge in [0.05, 0.1) is 18.4 Å².